The molecule has 1 saturated heterocycles. The lowest BCUT2D eigenvalue weighted by molar-refractivity contribution is -0.398. The van der Waals surface area contributed by atoms with E-state index in [1.807, 2.05) is 0 Å². The third-order valence-corrected chi connectivity index (χ3v) is 5.45. The lowest BCUT2D eigenvalue weighted by Gasteiger charge is -2.56. The molecule has 4 heteroatoms. The molecular weight excluding hydrogens is 288 g/mol. The van der Waals surface area contributed by atoms with E-state index < -0.39 is 5.79 Å². The Labute approximate surface area is 142 Å². The lowest BCUT2D eigenvalue weighted by Crippen LogP contribution is -2.65. The molecular formula is C19H38N2O2. The van der Waals surface area contributed by atoms with E-state index in [-0.39, 0.29) is 11.1 Å². The van der Waals surface area contributed by atoms with Gasteiger partial charge in [0.1, 0.15) is 0 Å². The van der Waals surface area contributed by atoms with Crippen molar-refractivity contribution in [2.45, 2.75) is 115 Å². The first-order valence-electron chi connectivity index (χ1n) is 9.64. The van der Waals surface area contributed by atoms with Crippen LogP contribution in [-0.4, -0.2) is 39.6 Å². The third-order valence-electron chi connectivity index (χ3n) is 5.45. The van der Waals surface area contributed by atoms with Crippen molar-refractivity contribution in [3.8, 4) is 0 Å². The number of piperidine rings is 1. The van der Waals surface area contributed by atoms with Gasteiger partial charge in [-0.05, 0) is 66.3 Å². The van der Waals surface area contributed by atoms with E-state index in [9.17, 15) is 5.11 Å². The zero-order valence-electron chi connectivity index (χ0n) is 16.0. The fourth-order valence-electron chi connectivity index (χ4n) is 4.50. The number of nitrogens with one attached hydrogen (secondary N) is 1. The average Bonchev–Trinajstić information content (AvgIpc) is 2.43. The van der Waals surface area contributed by atoms with Crippen LogP contribution in [0.3, 0.4) is 0 Å². The standard InChI is InChI=1S/C19H38N2O2/c1-6-7-13-20-16-14-17(2,3)21(18(4,5)15-16)23-19(22)11-9-8-10-12-19/h16,20,22H,6-15H2,1-5H3. The van der Waals surface area contributed by atoms with E-state index in [1.54, 1.807) is 0 Å². The monoisotopic (exact) mass is 326 g/mol. The molecule has 0 bridgehead atoms. The van der Waals surface area contributed by atoms with Crippen LogP contribution >= 0.6 is 0 Å². The zero-order valence-corrected chi connectivity index (χ0v) is 16.0. The van der Waals surface area contributed by atoms with Crippen LogP contribution in [-0.2, 0) is 4.84 Å². The molecule has 2 rings (SSSR count). The van der Waals surface area contributed by atoms with Crippen molar-refractivity contribution in [1.82, 2.24) is 10.4 Å². The van der Waals surface area contributed by atoms with Crippen LogP contribution in [0.5, 0.6) is 0 Å². The number of rotatable bonds is 6. The topological polar surface area (TPSA) is 44.7 Å². The van der Waals surface area contributed by atoms with E-state index in [2.05, 4.69) is 45.0 Å². The maximum atomic E-state index is 10.8. The summed E-state index contributed by atoms with van der Waals surface area (Å²) in [6.07, 6.45) is 9.42. The SMILES string of the molecule is CCCCNC1CC(C)(C)N(OC2(O)CCCCC2)C(C)(C)C1. The molecule has 136 valence electrons. The number of unbranched alkanes of at least 4 members (excludes halogenated alkanes) is 1. The van der Waals surface area contributed by atoms with Gasteiger partial charge in [0.2, 0.25) is 0 Å². The Morgan fingerprint density at radius 2 is 1.61 bits per heavy atom. The average molecular weight is 327 g/mol. The molecule has 0 aromatic rings. The highest BCUT2D eigenvalue weighted by Crippen LogP contribution is 2.42. The molecule has 0 unspecified atom stereocenters. The van der Waals surface area contributed by atoms with Gasteiger partial charge in [-0.15, -0.1) is 0 Å². The molecule has 1 saturated carbocycles. The van der Waals surface area contributed by atoms with Crippen LogP contribution < -0.4 is 5.32 Å². The summed E-state index contributed by atoms with van der Waals surface area (Å²) in [5.41, 5.74) is -0.169. The highest BCUT2D eigenvalue weighted by Gasteiger charge is 2.49. The second kappa shape index (κ2) is 7.38. The van der Waals surface area contributed by atoms with Crippen molar-refractivity contribution in [3.63, 3.8) is 0 Å². The van der Waals surface area contributed by atoms with Crippen LogP contribution in [0.25, 0.3) is 0 Å². The van der Waals surface area contributed by atoms with Crippen LogP contribution in [0.4, 0.5) is 0 Å². The maximum Gasteiger partial charge on any atom is 0.185 e. The van der Waals surface area contributed by atoms with Crippen molar-refractivity contribution in [1.29, 1.82) is 0 Å². The lowest BCUT2D eigenvalue weighted by atomic mass is 9.78. The molecule has 0 spiro atoms. The number of hydrogen-bond acceptors (Lipinski definition) is 4. The van der Waals surface area contributed by atoms with Gasteiger partial charge in [0.05, 0.1) is 0 Å². The number of aliphatic hydroxyl groups is 1. The summed E-state index contributed by atoms with van der Waals surface area (Å²) in [7, 11) is 0. The summed E-state index contributed by atoms with van der Waals surface area (Å²) in [6, 6.07) is 0.521. The van der Waals surface area contributed by atoms with Crippen LogP contribution in [0, 0.1) is 0 Å². The minimum absolute atomic E-state index is 0.0845. The molecule has 23 heavy (non-hydrogen) atoms. The number of nitrogens with zero attached hydrogens (tertiary/aromatic N) is 1. The molecule has 1 heterocycles. The minimum Gasteiger partial charge on any atom is -0.364 e. The largest absolute Gasteiger partial charge is 0.364 e. The Morgan fingerprint density at radius 3 is 2.13 bits per heavy atom. The van der Waals surface area contributed by atoms with Gasteiger partial charge < -0.3 is 10.4 Å². The molecule has 0 radical (unpaired) electrons. The van der Waals surface area contributed by atoms with E-state index >= 15 is 0 Å². The molecule has 0 aromatic heterocycles. The Balaban J connectivity index is 2.04. The maximum absolute atomic E-state index is 10.8. The van der Waals surface area contributed by atoms with Gasteiger partial charge >= 0.3 is 0 Å². The smallest absolute Gasteiger partial charge is 0.185 e. The van der Waals surface area contributed by atoms with E-state index in [4.69, 9.17) is 4.84 Å². The molecule has 4 nitrogen and oxygen atoms in total. The van der Waals surface area contributed by atoms with Gasteiger partial charge in [0.25, 0.3) is 0 Å². The molecule has 2 aliphatic rings. The third kappa shape index (κ3) is 4.91. The summed E-state index contributed by atoms with van der Waals surface area (Å²) in [5.74, 6) is -0.963. The molecule has 2 N–H and O–H groups in total. The van der Waals surface area contributed by atoms with E-state index in [0.29, 0.717) is 6.04 Å². The fourth-order valence-corrected chi connectivity index (χ4v) is 4.50. The zero-order chi connectivity index (χ0) is 17.1. The Hall–Kier alpha value is -0.160. The van der Waals surface area contributed by atoms with Crippen LogP contribution in [0.1, 0.15) is 92.4 Å². The van der Waals surface area contributed by atoms with Crippen molar-refractivity contribution >= 4 is 0 Å². The van der Waals surface area contributed by atoms with Gasteiger partial charge in [-0.2, -0.15) is 5.06 Å². The van der Waals surface area contributed by atoms with E-state index in [0.717, 1.165) is 45.1 Å². The summed E-state index contributed by atoms with van der Waals surface area (Å²) in [6.45, 7) is 12.3. The molecule has 0 atom stereocenters. The van der Waals surface area contributed by atoms with E-state index in [1.165, 1.54) is 19.3 Å². The van der Waals surface area contributed by atoms with Gasteiger partial charge in [-0.3, -0.25) is 4.84 Å². The summed E-state index contributed by atoms with van der Waals surface area (Å²) >= 11 is 0. The van der Waals surface area contributed by atoms with Crippen molar-refractivity contribution in [2.75, 3.05) is 6.54 Å². The first kappa shape index (κ1) is 19.2. The number of hydroxylamine groups is 2. The first-order valence-corrected chi connectivity index (χ1v) is 9.64. The van der Waals surface area contributed by atoms with Gasteiger partial charge in [0.15, 0.2) is 5.79 Å². The minimum atomic E-state index is -0.963. The van der Waals surface area contributed by atoms with Crippen molar-refractivity contribution in [2.24, 2.45) is 0 Å². The van der Waals surface area contributed by atoms with Crippen molar-refractivity contribution in [3.05, 3.63) is 0 Å². The van der Waals surface area contributed by atoms with Gasteiger partial charge in [-0.25, -0.2) is 0 Å². The predicted octanol–water partition coefficient (Wildman–Crippen LogP) is 3.98. The fraction of sp³-hybridized carbons (Fsp3) is 1.00. The molecule has 0 amide bonds. The van der Waals surface area contributed by atoms with Gasteiger partial charge in [-0.1, -0.05) is 19.8 Å². The normalized spacial score (nSPS) is 27.9. The molecule has 1 aliphatic carbocycles. The summed E-state index contributed by atoms with van der Waals surface area (Å²) < 4.78 is 0. The predicted molar refractivity (Wildman–Crippen MR) is 95.0 cm³/mol. The van der Waals surface area contributed by atoms with Crippen LogP contribution in [0.15, 0.2) is 0 Å². The van der Waals surface area contributed by atoms with Gasteiger partial charge in [0, 0.05) is 30.0 Å². The Kier molecular flexibility index (Phi) is 6.15. The summed E-state index contributed by atoms with van der Waals surface area (Å²) in [5, 5.41) is 16.7. The second-order valence-corrected chi connectivity index (χ2v) is 8.93. The second-order valence-electron chi connectivity index (χ2n) is 8.93. The van der Waals surface area contributed by atoms with Crippen molar-refractivity contribution < 1.29 is 9.94 Å². The molecule has 2 fully saturated rings. The highest BCUT2D eigenvalue weighted by atomic mass is 16.8. The Bertz CT molecular complexity index is 358. The highest BCUT2D eigenvalue weighted by molar-refractivity contribution is 4.99. The summed E-state index contributed by atoms with van der Waals surface area (Å²) in [4.78, 5) is 6.29. The first-order chi connectivity index (χ1) is 10.7. The molecule has 1 aliphatic heterocycles. The number of hydrogen-bond donors (Lipinski definition) is 2. The molecule has 0 aromatic carbocycles. The quantitative estimate of drug-likeness (QED) is 0.572. The Morgan fingerprint density at radius 1 is 1.04 bits per heavy atom. The van der Waals surface area contributed by atoms with Crippen LogP contribution in [0.2, 0.25) is 0 Å².